The summed E-state index contributed by atoms with van der Waals surface area (Å²) in [4.78, 5) is 14.0. The van der Waals surface area contributed by atoms with E-state index in [9.17, 15) is 4.79 Å². The normalized spacial score (nSPS) is 12.5. The van der Waals surface area contributed by atoms with E-state index < -0.39 is 0 Å². The van der Waals surface area contributed by atoms with Gasteiger partial charge in [0.2, 0.25) is 5.91 Å². The largest absolute Gasteiger partial charge is 0.397 e. The van der Waals surface area contributed by atoms with Gasteiger partial charge in [0.25, 0.3) is 0 Å². The summed E-state index contributed by atoms with van der Waals surface area (Å²) in [5.41, 5.74) is 6.59. The first-order chi connectivity index (χ1) is 9.35. The second-order valence-electron chi connectivity index (χ2n) is 4.95. The number of nitrogens with two attached hydrogens (primary N) is 1. The summed E-state index contributed by atoms with van der Waals surface area (Å²) in [5.74, 6) is -0.147. The van der Waals surface area contributed by atoms with E-state index in [1.165, 1.54) is 0 Å². The summed E-state index contributed by atoms with van der Waals surface area (Å²) in [6.45, 7) is 4.51. The maximum atomic E-state index is 12.0. The lowest BCUT2D eigenvalue weighted by molar-refractivity contribution is -0.117. The van der Waals surface area contributed by atoms with E-state index in [4.69, 9.17) is 28.9 Å². The molecule has 0 aliphatic carbocycles. The number of benzene rings is 1. The molecule has 0 bridgehead atoms. The summed E-state index contributed by atoms with van der Waals surface area (Å²) >= 11 is 11.9. The van der Waals surface area contributed by atoms with Crippen molar-refractivity contribution in [1.29, 1.82) is 0 Å². The Morgan fingerprint density at radius 1 is 1.45 bits per heavy atom. The lowest BCUT2D eigenvalue weighted by Gasteiger charge is -2.23. The van der Waals surface area contributed by atoms with Crippen LogP contribution in [-0.2, 0) is 4.79 Å². The number of nitrogens with zero attached hydrogens (tertiary/aromatic N) is 1. The minimum atomic E-state index is -0.147. The van der Waals surface area contributed by atoms with Crippen molar-refractivity contribution in [2.24, 2.45) is 0 Å². The first kappa shape index (κ1) is 17.1. The summed E-state index contributed by atoms with van der Waals surface area (Å²) in [6, 6.07) is 3.47. The van der Waals surface area contributed by atoms with Crippen molar-refractivity contribution in [3.05, 3.63) is 22.2 Å². The average molecular weight is 318 g/mol. The Balaban J connectivity index is 2.68. The molecule has 0 heterocycles. The van der Waals surface area contributed by atoms with E-state index in [1.807, 2.05) is 11.9 Å². The van der Waals surface area contributed by atoms with Crippen molar-refractivity contribution < 1.29 is 4.79 Å². The van der Waals surface area contributed by atoms with E-state index >= 15 is 0 Å². The van der Waals surface area contributed by atoms with E-state index in [-0.39, 0.29) is 5.91 Å². The van der Waals surface area contributed by atoms with Gasteiger partial charge in [-0.25, -0.2) is 0 Å². The SMILES string of the molecule is CCCC(C)N(C)CC(=O)Nc1c(N)cc(Cl)cc1Cl. The fourth-order valence-corrected chi connectivity index (χ4v) is 2.48. The quantitative estimate of drug-likeness (QED) is 0.787. The molecule has 1 rings (SSSR count). The number of rotatable bonds is 6. The fourth-order valence-electron chi connectivity index (χ4n) is 1.92. The van der Waals surface area contributed by atoms with Crippen LogP contribution < -0.4 is 11.1 Å². The lowest BCUT2D eigenvalue weighted by Crippen LogP contribution is -2.36. The number of carbonyl (C=O) groups is 1. The second-order valence-corrected chi connectivity index (χ2v) is 5.80. The maximum absolute atomic E-state index is 12.0. The molecule has 0 saturated heterocycles. The number of nitrogen functional groups attached to an aromatic ring is 1. The predicted molar refractivity (Wildman–Crippen MR) is 86.5 cm³/mol. The van der Waals surface area contributed by atoms with Gasteiger partial charge in [0.05, 0.1) is 22.9 Å². The molecule has 0 aliphatic rings. The van der Waals surface area contributed by atoms with Crippen LogP contribution in [0.1, 0.15) is 26.7 Å². The lowest BCUT2D eigenvalue weighted by atomic mass is 10.2. The van der Waals surface area contributed by atoms with Gasteiger partial charge in [0.1, 0.15) is 0 Å². The first-order valence-corrected chi connectivity index (χ1v) is 7.35. The third-order valence-electron chi connectivity index (χ3n) is 3.20. The predicted octanol–water partition coefficient (Wildman–Crippen LogP) is 3.63. The summed E-state index contributed by atoms with van der Waals surface area (Å²) in [6.07, 6.45) is 2.14. The second kappa shape index (κ2) is 7.72. The van der Waals surface area contributed by atoms with Crippen LogP contribution in [0.3, 0.4) is 0 Å². The Bertz CT molecular complexity index is 456. The Labute approximate surface area is 130 Å². The molecule has 0 saturated carbocycles. The molecule has 6 heteroatoms. The third kappa shape index (κ3) is 4.85. The van der Waals surface area contributed by atoms with Gasteiger partial charge in [-0.05, 0) is 32.5 Å². The zero-order valence-corrected chi connectivity index (χ0v) is 13.6. The number of likely N-dealkylation sites (N-methyl/N-ethyl adjacent to an activating group) is 1. The summed E-state index contributed by atoms with van der Waals surface area (Å²) in [7, 11) is 1.92. The molecule has 0 aliphatic heterocycles. The average Bonchev–Trinajstić information content (AvgIpc) is 2.34. The van der Waals surface area contributed by atoms with Crippen LogP contribution in [-0.4, -0.2) is 30.4 Å². The molecule has 3 N–H and O–H groups in total. The molecular weight excluding hydrogens is 297 g/mol. The van der Waals surface area contributed by atoms with Crippen molar-refractivity contribution in [2.45, 2.75) is 32.7 Å². The van der Waals surface area contributed by atoms with Gasteiger partial charge in [-0.2, -0.15) is 0 Å². The van der Waals surface area contributed by atoms with Crippen LogP contribution in [0.5, 0.6) is 0 Å². The van der Waals surface area contributed by atoms with Crippen molar-refractivity contribution in [3.8, 4) is 0 Å². The number of amides is 1. The van der Waals surface area contributed by atoms with E-state index in [0.29, 0.717) is 34.0 Å². The van der Waals surface area contributed by atoms with Crippen molar-refractivity contribution in [1.82, 2.24) is 4.90 Å². The molecule has 0 fully saturated rings. The molecule has 4 nitrogen and oxygen atoms in total. The highest BCUT2D eigenvalue weighted by molar-refractivity contribution is 6.37. The van der Waals surface area contributed by atoms with Gasteiger partial charge >= 0.3 is 0 Å². The third-order valence-corrected chi connectivity index (χ3v) is 3.72. The molecule has 1 amide bonds. The molecule has 1 aromatic carbocycles. The van der Waals surface area contributed by atoms with Crippen LogP contribution in [0.15, 0.2) is 12.1 Å². The minimum absolute atomic E-state index is 0.147. The molecule has 20 heavy (non-hydrogen) atoms. The van der Waals surface area contributed by atoms with Gasteiger partial charge in [-0.1, -0.05) is 36.5 Å². The van der Waals surface area contributed by atoms with Crippen molar-refractivity contribution >= 4 is 40.5 Å². The van der Waals surface area contributed by atoms with Crippen LogP contribution in [0.25, 0.3) is 0 Å². The van der Waals surface area contributed by atoms with Crippen LogP contribution in [0, 0.1) is 0 Å². The zero-order chi connectivity index (χ0) is 15.3. The number of halogens is 2. The molecular formula is C14H21Cl2N3O. The number of nitrogens with one attached hydrogen (secondary N) is 1. The Morgan fingerprint density at radius 3 is 2.65 bits per heavy atom. The smallest absolute Gasteiger partial charge is 0.238 e. The summed E-state index contributed by atoms with van der Waals surface area (Å²) < 4.78 is 0. The Morgan fingerprint density at radius 2 is 2.10 bits per heavy atom. The highest BCUT2D eigenvalue weighted by atomic mass is 35.5. The fraction of sp³-hybridized carbons (Fsp3) is 0.500. The van der Waals surface area contributed by atoms with Gasteiger partial charge in [-0.3, -0.25) is 9.69 Å². The number of carbonyl (C=O) groups excluding carboxylic acids is 1. The van der Waals surface area contributed by atoms with Crippen LogP contribution in [0.4, 0.5) is 11.4 Å². The summed E-state index contributed by atoms with van der Waals surface area (Å²) in [5, 5.41) is 3.52. The van der Waals surface area contributed by atoms with Crippen molar-refractivity contribution in [2.75, 3.05) is 24.6 Å². The molecule has 1 aromatic rings. The maximum Gasteiger partial charge on any atom is 0.238 e. The van der Waals surface area contributed by atoms with Gasteiger partial charge in [0, 0.05) is 11.1 Å². The topological polar surface area (TPSA) is 58.4 Å². The van der Waals surface area contributed by atoms with Crippen LogP contribution >= 0.6 is 23.2 Å². The molecule has 1 unspecified atom stereocenters. The Kier molecular flexibility index (Phi) is 6.59. The molecule has 112 valence electrons. The first-order valence-electron chi connectivity index (χ1n) is 6.59. The monoisotopic (exact) mass is 317 g/mol. The van der Waals surface area contributed by atoms with E-state index in [2.05, 4.69) is 19.2 Å². The molecule has 0 radical (unpaired) electrons. The standard InChI is InChI=1S/C14H21Cl2N3O/c1-4-5-9(2)19(3)8-13(20)18-14-11(16)6-10(15)7-12(14)17/h6-7,9H,4-5,8,17H2,1-3H3,(H,18,20). The highest BCUT2D eigenvalue weighted by Crippen LogP contribution is 2.31. The number of hydrogen-bond donors (Lipinski definition) is 2. The molecule has 0 aromatic heterocycles. The van der Waals surface area contributed by atoms with Gasteiger partial charge in [-0.15, -0.1) is 0 Å². The zero-order valence-electron chi connectivity index (χ0n) is 12.0. The van der Waals surface area contributed by atoms with Crippen LogP contribution in [0.2, 0.25) is 10.0 Å². The highest BCUT2D eigenvalue weighted by Gasteiger charge is 2.15. The molecule has 1 atom stereocenters. The van der Waals surface area contributed by atoms with Gasteiger partial charge < -0.3 is 11.1 Å². The van der Waals surface area contributed by atoms with E-state index in [0.717, 1.165) is 12.8 Å². The molecule has 0 spiro atoms. The minimum Gasteiger partial charge on any atom is -0.397 e. The Hall–Kier alpha value is -0.970. The van der Waals surface area contributed by atoms with E-state index in [1.54, 1.807) is 12.1 Å². The van der Waals surface area contributed by atoms with Gasteiger partial charge in [0.15, 0.2) is 0 Å². The number of hydrogen-bond acceptors (Lipinski definition) is 3. The number of anilines is 2. The van der Waals surface area contributed by atoms with Crippen molar-refractivity contribution in [3.63, 3.8) is 0 Å².